The van der Waals surface area contributed by atoms with Gasteiger partial charge in [0, 0.05) is 32.7 Å². The van der Waals surface area contributed by atoms with Crippen LogP contribution in [0.25, 0.3) is 0 Å². The molecule has 1 saturated heterocycles. The molecule has 8 nitrogen and oxygen atoms in total. The van der Waals surface area contributed by atoms with Gasteiger partial charge in [0.25, 0.3) is 0 Å². The van der Waals surface area contributed by atoms with Gasteiger partial charge in [0.2, 0.25) is 26.0 Å². The normalized spacial score (nSPS) is 15.5. The van der Waals surface area contributed by atoms with Gasteiger partial charge < -0.3 is 4.90 Å². The van der Waals surface area contributed by atoms with E-state index in [-0.39, 0.29) is 55.0 Å². The molecule has 1 aliphatic rings. The summed E-state index contributed by atoms with van der Waals surface area (Å²) in [6.45, 7) is 7.68. The molecule has 1 heterocycles. The zero-order chi connectivity index (χ0) is 24.2. The van der Waals surface area contributed by atoms with E-state index in [1.165, 1.54) is 33.5 Å². The molecule has 0 radical (unpaired) electrons. The number of rotatable bonds is 8. The van der Waals surface area contributed by atoms with Crippen LogP contribution < -0.4 is 0 Å². The topological polar surface area (TPSA) is 95.1 Å². The van der Waals surface area contributed by atoms with Gasteiger partial charge in [0.1, 0.15) is 0 Å². The van der Waals surface area contributed by atoms with Crippen molar-refractivity contribution < 1.29 is 21.6 Å². The highest BCUT2D eigenvalue weighted by molar-refractivity contribution is 7.89. The number of hydrogen-bond acceptors (Lipinski definition) is 5. The van der Waals surface area contributed by atoms with E-state index in [2.05, 4.69) is 6.58 Å². The van der Waals surface area contributed by atoms with E-state index in [1.54, 1.807) is 30.3 Å². The molecule has 1 amide bonds. The number of carbonyl (C=O) groups is 1. The van der Waals surface area contributed by atoms with Crippen molar-refractivity contribution in [1.29, 1.82) is 0 Å². The predicted octanol–water partition coefficient (Wildman–Crippen LogP) is 2.01. The molecule has 0 spiro atoms. The zero-order valence-corrected chi connectivity index (χ0v) is 20.5. The van der Waals surface area contributed by atoms with Crippen LogP contribution in [0.3, 0.4) is 0 Å². The van der Waals surface area contributed by atoms with Gasteiger partial charge in [0.15, 0.2) is 0 Å². The van der Waals surface area contributed by atoms with Crippen LogP contribution in [-0.4, -0.2) is 75.5 Å². The van der Waals surface area contributed by atoms with Crippen LogP contribution >= 0.6 is 0 Å². The molecule has 1 fully saturated rings. The second-order valence-electron chi connectivity index (χ2n) is 7.93. The molecule has 1 aliphatic heterocycles. The van der Waals surface area contributed by atoms with Gasteiger partial charge in [-0.05, 0) is 49.2 Å². The summed E-state index contributed by atoms with van der Waals surface area (Å²) in [4.78, 5) is 14.8. The third-order valence-corrected chi connectivity index (χ3v) is 9.45. The fraction of sp³-hybridized carbons (Fsp3) is 0.348. The van der Waals surface area contributed by atoms with Crippen LogP contribution in [0, 0.1) is 13.8 Å². The minimum absolute atomic E-state index is 0.0106. The molecule has 0 aromatic heterocycles. The Kier molecular flexibility index (Phi) is 7.73. The minimum atomic E-state index is -3.90. The molecule has 178 valence electrons. The summed E-state index contributed by atoms with van der Waals surface area (Å²) in [5, 5.41) is 0. The molecule has 0 saturated carbocycles. The Balaban J connectivity index is 1.69. The summed E-state index contributed by atoms with van der Waals surface area (Å²) < 4.78 is 54.4. The summed E-state index contributed by atoms with van der Waals surface area (Å²) in [6.07, 6.45) is 1.44. The Morgan fingerprint density at radius 2 is 1.58 bits per heavy atom. The molecule has 33 heavy (non-hydrogen) atoms. The standard InChI is InChI=1S/C23H29N3O5S2/c1-4-12-26(33(30,31)22-11-10-19(2)20(3)17-22)18-23(27)24-13-15-25(16-14-24)32(28,29)21-8-6-5-7-9-21/h4-11,17H,1,12-16,18H2,2-3H3. The number of aryl methyl sites for hydroxylation is 2. The lowest BCUT2D eigenvalue weighted by molar-refractivity contribution is -0.132. The second kappa shape index (κ2) is 10.2. The highest BCUT2D eigenvalue weighted by Gasteiger charge is 2.32. The Morgan fingerprint density at radius 1 is 0.939 bits per heavy atom. The van der Waals surface area contributed by atoms with Crippen LogP contribution in [0.15, 0.2) is 71.0 Å². The van der Waals surface area contributed by atoms with Crippen LogP contribution in [0.4, 0.5) is 0 Å². The smallest absolute Gasteiger partial charge is 0.243 e. The molecular formula is C23H29N3O5S2. The average Bonchev–Trinajstić information content (AvgIpc) is 2.81. The molecule has 2 aromatic rings. The monoisotopic (exact) mass is 491 g/mol. The summed E-state index contributed by atoms with van der Waals surface area (Å²) in [6, 6.07) is 13.0. The Morgan fingerprint density at radius 3 is 2.15 bits per heavy atom. The van der Waals surface area contributed by atoms with Gasteiger partial charge in [-0.2, -0.15) is 8.61 Å². The summed E-state index contributed by atoms with van der Waals surface area (Å²) in [5.41, 5.74) is 1.82. The largest absolute Gasteiger partial charge is 0.339 e. The maximum Gasteiger partial charge on any atom is 0.243 e. The molecule has 3 rings (SSSR count). The van der Waals surface area contributed by atoms with E-state index in [9.17, 15) is 21.6 Å². The lowest BCUT2D eigenvalue weighted by atomic mass is 10.1. The number of carbonyl (C=O) groups excluding carboxylic acids is 1. The van der Waals surface area contributed by atoms with E-state index in [0.717, 1.165) is 15.4 Å². The molecule has 0 N–H and O–H groups in total. The molecule has 0 atom stereocenters. The summed E-state index contributed by atoms with van der Waals surface area (Å²) in [5.74, 6) is -0.374. The molecular weight excluding hydrogens is 462 g/mol. The SMILES string of the molecule is C=CCN(CC(=O)N1CCN(S(=O)(=O)c2ccccc2)CC1)S(=O)(=O)c1ccc(C)c(C)c1. The Labute approximate surface area is 196 Å². The van der Waals surface area contributed by atoms with Gasteiger partial charge in [0.05, 0.1) is 16.3 Å². The number of benzene rings is 2. The third kappa shape index (κ3) is 5.52. The van der Waals surface area contributed by atoms with E-state index in [1.807, 2.05) is 13.8 Å². The van der Waals surface area contributed by atoms with Crippen molar-refractivity contribution in [2.75, 3.05) is 39.3 Å². The van der Waals surface area contributed by atoms with Crippen molar-refractivity contribution in [1.82, 2.24) is 13.5 Å². The zero-order valence-electron chi connectivity index (χ0n) is 18.8. The van der Waals surface area contributed by atoms with Crippen molar-refractivity contribution in [2.24, 2.45) is 0 Å². The van der Waals surface area contributed by atoms with Crippen molar-refractivity contribution in [3.63, 3.8) is 0 Å². The number of sulfonamides is 2. The van der Waals surface area contributed by atoms with Crippen molar-refractivity contribution >= 4 is 26.0 Å². The molecule has 0 bridgehead atoms. The lowest BCUT2D eigenvalue weighted by Crippen LogP contribution is -2.53. The van der Waals surface area contributed by atoms with Gasteiger partial charge in [-0.1, -0.05) is 30.3 Å². The second-order valence-corrected chi connectivity index (χ2v) is 11.8. The van der Waals surface area contributed by atoms with Gasteiger partial charge in [-0.15, -0.1) is 6.58 Å². The quantitative estimate of drug-likeness (QED) is 0.527. The van der Waals surface area contributed by atoms with Crippen molar-refractivity contribution in [2.45, 2.75) is 23.6 Å². The Bertz CT molecular complexity index is 1220. The van der Waals surface area contributed by atoms with Gasteiger partial charge in [-0.25, -0.2) is 16.8 Å². The average molecular weight is 492 g/mol. The predicted molar refractivity (Wildman–Crippen MR) is 127 cm³/mol. The molecule has 0 aliphatic carbocycles. The van der Waals surface area contributed by atoms with Crippen LogP contribution in [-0.2, 0) is 24.8 Å². The molecule has 2 aromatic carbocycles. The lowest BCUT2D eigenvalue weighted by Gasteiger charge is -2.35. The first kappa shape index (κ1) is 25.1. The molecule has 0 unspecified atom stereocenters. The number of amides is 1. The highest BCUT2D eigenvalue weighted by Crippen LogP contribution is 2.21. The highest BCUT2D eigenvalue weighted by atomic mass is 32.2. The van der Waals surface area contributed by atoms with Crippen LogP contribution in [0.2, 0.25) is 0 Å². The minimum Gasteiger partial charge on any atom is -0.339 e. The number of hydrogen-bond donors (Lipinski definition) is 0. The first-order valence-electron chi connectivity index (χ1n) is 10.6. The van der Waals surface area contributed by atoms with E-state index < -0.39 is 20.0 Å². The fourth-order valence-electron chi connectivity index (χ4n) is 3.59. The number of nitrogens with zero attached hydrogens (tertiary/aromatic N) is 3. The van der Waals surface area contributed by atoms with E-state index in [4.69, 9.17) is 0 Å². The van der Waals surface area contributed by atoms with Crippen molar-refractivity contribution in [3.8, 4) is 0 Å². The van der Waals surface area contributed by atoms with Crippen LogP contribution in [0.1, 0.15) is 11.1 Å². The van der Waals surface area contributed by atoms with Gasteiger partial charge in [-0.3, -0.25) is 4.79 Å². The van der Waals surface area contributed by atoms with Gasteiger partial charge >= 0.3 is 0 Å². The maximum absolute atomic E-state index is 13.2. The summed E-state index contributed by atoms with van der Waals surface area (Å²) >= 11 is 0. The molecule has 10 heteroatoms. The number of piperazine rings is 1. The maximum atomic E-state index is 13.2. The van der Waals surface area contributed by atoms with Crippen molar-refractivity contribution in [3.05, 3.63) is 72.3 Å². The third-order valence-electron chi connectivity index (χ3n) is 5.73. The first-order valence-corrected chi connectivity index (χ1v) is 13.5. The first-order chi connectivity index (χ1) is 15.6. The summed E-state index contributed by atoms with van der Waals surface area (Å²) in [7, 11) is -7.53. The van der Waals surface area contributed by atoms with E-state index >= 15 is 0 Å². The fourth-order valence-corrected chi connectivity index (χ4v) is 6.47. The Hall–Kier alpha value is -2.53. The van der Waals surface area contributed by atoms with Crippen LogP contribution in [0.5, 0.6) is 0 Å². The van der Waals surface area contributed by atoms with E-state index in [0.29, 0.717) is 0 Å².